The number of amides is 1. The summed E-state index contributed by atoms with van der Waals surface area (Å²) in [4.78, 5) is 23.3. The second kappa shape index (κ2) is 8.31. The highest BCUT2D eigenvalue weighted by Crippen LogP contribution is 2.26. The number of aryl methyl sites for hydroxylation is 1. The maximum absolute atomic E-state index is 12.3. The molecular weight excluding hydrogens is 366 g/mol. The minimum atomic E-state index is -1.01. The number of carbonyl (C=O) groups is 2. The van der Waals surface area contributed by atoms with E-state index in [9.17, 15) is 9.59 Å². The predicted molar refractivity (Wildman–Crippen MR) is 89.6 cm³/mol. The lowest BCUT2D eigenvalue weighted by molar-refractivity contribution is -0.140. The molecule has 1 aromatic rings. The summed E-state index contributed by atoms with van der Waals surface area (Å²) in [5, 5.41) is 11.7. The van der Waals surface area contributed by atoms with Gasteiger partial charge in [-0.3, -0.25) is 9.59 Å². The zero-order chi connectivity index (χ0) is 17.6. The fourth-order valence-corrected chi connectivity index (χ4v) is 2.71. The minimum absolute atomic E-state index is 0.0893. The summed E-state index contributed by atoms with van der Waals surface area (Å²) in [6.07, 6.45) is -1.02. The average molecular weight is 388 g/mol. The molecule has 2 unspecified atom stereocenters. The van der Waals surface area contributed by atoms with Crippen LogP contribution in [-0.4, -0.2) is 42.3 Å². The van der Waals surface area contributed by atoms with Gasteiger partial charge < -0.3 is 19.9 Å². The molecule has 0 saturated carbocycles. The van der Waals surface area contributed by atoms with Crippen LogP contribution in [0, 0.1) is 6.92 Å². The van der Waals surface area contributed by atoms with Crippen molar-refractivity contribution in [2.75, 3.05) is 13.7 Å². The van der Waals surface area contributed by atoms with Crippen LogP contribution in [0.15, 0.2) is 22.7 Å². The maximum Gasteiger partial charge on any atom is 0.305 e. The highest BCUT2D eigenvalue weighted by atomic mass is 79.9. The lowest BCUT2D eigenvalue weighted by atomic mass is 9.98. The van der Waals surface area contributed by atoms with Gasteiger partial charge in [0.25, 0.3) is 5.91 Å². The molecule has 1 aromatic carbocycles. The first kappa shape index (κ1) is 19.4. The van der Waals surface area contributed by atoms with E-state index in [0.29, 0.717) is 5.75 Å². The second-order valence-electron chi connectivity index (χ2n) is 5.75. The van der Waals surface area contributed by atoms with Gasteiger partial charge in [-0.05, 0) is 54.4 Å². The number of carbonyl (C=O) groups excluding carboxylic acids is 1. The number of halogens is 1. The summed E-state index contributed by atoms with van der Waals surface area (Å²) < 4.78 is 11.4. The molecule has 7 heteroatoms. The van der Waals surface area contributed by atoms with Crippen molar-refractivity contribution >= 4 is 27.8 Å². The summed E-state index contributed by atoms with van der Waals surface area (Å²) >= 11 is 3.39. The second-order valence-corrected chi connectivity index (χ2v) is 6.60. The van der Waals surface area contributed by atoms with Crippen LogP contribution in [0.1, 0.15) is 25.8 Å². The van der Waals surface area contributed by atoms with Crippen LogP contribution in [0.5, 0.6) is 5.75 Å². The van der Waals surface area contributed by atoms with Gasteiger partial charge in [-0.25, -0.2) is 0 Å². The Bertz CT molecular complexity index is 578. The molecule has 0 spiro atoms. The fraction of sp³-hybridized carbons (Fsp3) is 0.500. The number of hydrogen-bond donors (Lipinski definition) is 2. The Morgan fingerprint density at radius 1 is 1.43 bits per heavy atom. The number of aliphatic carboxylic acids is 1. The quantitative estimate of drug-likeness (QED) is 0.715. The number of rotatable bonds is 8. The predicted octanol–water partition coefficient (Wildman–Crippen LogP) is 2.52. The van der Waals surface area contributed by atoms with Gasteiger partial charge >= 0.3 is 5.97 Å². The topological polar surface area (TPSA) is 84.9 Å². The third-order valence-electron chi connectivity index (χ3n) is 3.19. The van der Waals surface area contributed by atoms with Crippen molar-refractivity contribution < 1.29 is 24.2 Å². The van der Waals surface area contributed by atoms with E-state index >= 15 is 0 Å². The first-order valence-corrected chi connectivity index (χ1v) is 7.92. The molecule has 1 amide bonds. The molecule has 0 aromatic heterocycles. The summed E-state index contributed by atoms with van der Waals surface area (Å²) in [6.45, 7) is 5.27. The van der Waals surface area contributed by atoms with Crippen LogP contribution < -0.4 is 10.1 Å². The van der Waals surface area contributed by atoms with Gasteiger partial charge in [-0.2, -0.15) is 0 Å². The van der Waals surface area contributed by atoms with E-state index in [1.807, 2.05) is 19.1 Å². The van der Waals surface area contributed by atoms with Crippen molar-refractivity contribution in [1.82, 2.24) is 5.32 Å². The first-order chi connectivity index (χ1) is 10.7. The van der Waals surface area contributed by atoms with Crippen molar-refractivity contribution in [3.63, 3.8) is 0 Å². The van der Waals surface area contributed by atoms with E-state index in [-0.39, 0.29) is 13.0 Å². The number of nitrogens with one attached hydrogen (secondary N) is 1. The van der Waals surface area contributed by atoms with E-state index in [1.165, 1.54) is 7.11 Å². The Balaban J connectivity index is 2.76. The van der Waals surface area contributed by atoms with E-state index in [2.05, 4.69) is 21.2 Å². The molecule has 0 fully saturated rings. The number of methoxy groups -OCH3 is 1. The van der Waals surface area contributed by atoms with Crippen molar-refractivity contribution in [2.24, 2.45) is 0 Å². The summed E-state index contributed by atoms with van der Waals surface area (Å²) in [5.41, 5.74) is 0.0650. The largest absolute Gasteiger partial charge is 0.481 e. The lowest BCUT2D eigenvalue weighted by Gasteiger charge is -2.30. The summed E-state index contributed by atoms with van der Waals surface area (Å²) in [5.74, 6) is -0.872. The molecule has 0 heterocycles. The molecule has 6 nitrogen and oxygen atoms in total. The van der Waals surface area contributed by atoms with Gasteiger partial charge in [0.15, 0.2) is 6.10 Å². The minimum Gasteiger partial charge on any atom is -0.481 e. The number of carboxylic acids is 1. The van der Waals surface area contributed by atoms with Gasteiger partial charge in [0, 0.05) is 7.11 Å². The van der Waals surface area contributed by atoms with Crippen LogP contribution in [0.4, 0.5) is 0 Å². The summed E-state index contributed by atoms with van der Waals surface area (Å²) in [6, 6.07) is 5.54. The van der Waals surface area contributed by atoms with E-state index < -0.39 is 23.5 Å². The van der Waals surface area contributed by atoms with Gasteiger partial charge in [0.2, 0.25) is 0 Å². The molecule has 0 aliphatic heterocycles. The van der Waals surface area contributed by atoms with Crippen LogP contribution in [0.3, 0.4) is 0 Å². The smallest absolute Gasteiger partial charge is 0.305 e. The molecular formula is C16H22BrNO5. The zero-order valence-electron chi connectivity index (χ0n) is 13.7. The number of hydrogen-bond acceptors (Lipinski definition) is 4. The molecule has 0 radical (unpaired) electrons. The zero-order valence-corrected chi connectivity index (χ0v) is 15.3. The normalized spacial score (nSPS) is 14.7. The van der Waals surface area contributed by atoms with E-state index in [4.69, 9.17) is 14.6 Å². The molecule has 0 bridgehead atoms. The Morgan fingerprint density at radius 2 is 2.09 bits per heavy atom. The van der Waals surface area contributed by atoms with Crippen LogP contribution in [0.25, 0.3) is 0 Å². The standard InChI is InChI=1S/C16H22BrNO5/c1-10-5-6-13(12(17)7-10)23-11(2)15(21)18-16(3,9-22-4)8-14(19)20/h5-7,11H,8-9H2,1-4H3,(H,18,21)(H,19,20). The lowest BCUT2D eigenvalue weighted by Crippen LogP contribution is -2.54. The molecule has 0 aliphatic rings. The van der Waals surface area contributed by atoms with E-state index in [1.54, 1.807) is 19.9 Å². The Labute approximate surface area is 144 Å². The third kappa shape index (κ3) is 6.19. The van der Waals surface area contributed by atoms with Gasteiger partial charge in [-0.1, -0.05) is 6.07 Å². The van der Waals surface area contributed by atoms with Crippen LogP contribution in [0.2, 0.25) is 0 Å². The van der Waals surface area contributed by atoms with Crippen molar-refractivity contribution in [3.8, 4) is 5.75 Å². The van der Waals surface area contributed by atoms with Gasteiger partial charge in [0.05, 0.1) is 23.0 Å². The maximum atomic E-state index is 12.3. The molecule has 1 rings (SSSR count). The van der Waals surface area contributed by atoms with Crippen LogP contribution in [-0.2, 0) is 14.3 Å². The SMILES string of the molecule is COCC(C)(CC(=O)O)NC(=O)C(C)Oc1ccc(C)cc1Br. The highest BCUT2D eigenvalue weighted by Gasteiger charge is 2.31. The molecule has 23 heavy (non-hydrogen) atoms. The number of ether oxygens (including phenoxy) is 2. The van der Waals surface area contributed by atoms with E-state index in [0.717, 1.165) is 10.0 Å². The molecule has 128 valence electrons. The van der Waals surface area contributed by atoms with Crippen molar-refractivity contribution in [3.05, 3.63) is 28.2 Å². The monoisotopic (exact) mass is 387 g/mol. The Kier molecular flexibility index (Phi) is 7.02. The number of carboxylic acid groups (broad SMARTS) is 1. The van der Waals surface area contributed by atoms with Crippen molar-refractivity contribution in [2.45, 2.75) is 38.8 Å². The summed E-state index contributed by atoms with van der Waals surface area (Å²) in [7, 11) is 1.45. The number of benzene rings is 1. The molecule has 2 atom stereocenters. The fourth-order valence-electron chi connectivity index (χ4n) is 2.13. The Morgan fingerprint density at radius 3 is 2.61 bits per heavy atom. The average Bonchev–Trinajstić information content (AvgIpc) is 2.40. The van der Waals surface area contributed by atoms with Gasteiger partial charge in [0.1, 0.15) is 5.75 Å². The first-order valence-electron chi connectivity index (χ1n) is 7.12. The molecule has 0 saturated heterocycles. The van der Waals surface area contributed by atoms with Gasteiger partial charge in [-0.15, -0.1) is 0 Å². The Hall–Kier alpha value is -1.60. The van der Waals surface area contributed by atoms with Crippen molar-refractivity contribution in [1.29, 1.82) is 0 Å². The molecule has 0 aliphatic carbocycles. The third-order valence-corrected chi connectivity index (χ3v) is 3.81. The highest BCUT2D eigenvalue weighted by molar-refractivity contribution is 9.10. The van der Waals surface area contributed by atoms with Crippen LogP contribution >= 0.6 is 15.9 Å². The molecule has 2 N–H and O–H groups in total.